The smallest absolute Gasteiger partial charge is 0.243 e. The van der Waals surface area contributed by atoms with Crippen molar-refractivity contribution in [1.29, 1.82) is 0 Å². The third-order valence-electron chi connectivity index (χ3n) is 4.07. The highest BCUT2D eigenvalue weighted by Crippen LogP contribution is 2.28. The predicted molar refractivity (Wildman–Crippen MR) is 91.8 cm³/mol. The highest BCUT2D eigenvalue weighted by molar-refractivity contribution is 6.03. The Kier molecular flexibility index (Phi) is 6.01. The van der Waals surface area contributed by atoms with Gasteiger partial charge in [-0.15, -0.1) is 0 Å². The molecular weight excluding hydrogens is 324 g/mol. The van der Waals surface area contributed by atoms with Gasteiger partial charge in [0.15, 0.2) is 17.3 Å². The van der Waals surface area contributed by atoms with Gasteiger partial charge in [-0.25, -0.2) is 0 Å². The standard InChI is InChI=1S/C18H24N2O5/c1-10(2)7-12-17(22)20-13(18(23)19-12)9-14(21)11-5-6-15(24-3)16(8-11)25-4/h5-6,8,10,12-13H,7,9H2,1-4H3,(H,19,23)(H,20,22)/t12-,13-/m0/s1. The Bertz CT molecular complexity index is 671. The summed E-state index contributed by atoms with van der Waals surface area (Å²) in [6.45, 7) is 3.96. The molecule has 1 heterocycles. The molecular formula is C18H24N2O5. The lowest BCUT2D eigenvalue weighted by Gasteiger charge is -2.30. The van der Waals surface area contributed by atoms with Crippen LogP contribution in [0.5, 0.6) is 11.5 Å². The van der Waals surface area contributed by atoms with E-state index in [1.54, 1.807) is 18.2 Å². The third-order valence-corrected chi connectivity index (χ3v) is 4.07. The minimum absolute atomic E-state index is 0.110. The molecule has 0 radical (unpaired) electrons. The Morgan fingerprint density at radius 1 is 1.04 bits per heavy atom. The van der Waals surface area contributed by atoms with Crippen LogP contribution in [0.1, 0.15) is 37.0 Å². The number of ketones is 1. The van der Waals surface area contributed by atoms with Crippen molar-refractivity contribution in [3.8, 4) is 11.5 Å². The fourth-order valence-electron chi connectivity index (χ4n) is 2.77. The summed E-state index contributed by atoms with van der Waals surface area (Å²) in [5.74, 6) is 0.379. The number of carbonyl (C=O) groups is 3. The minimum atomic E-state index is -0.864. The zero-order valence-electron chi connectivity index (χ0n) is 14.9. The molecule has 0 aliphatic carbocycles. The maximum atomic E-state index is 12.5. The molecule has 1 aliphatic rings. The number of carbonyl (C=O) groups excluding carboxylic acids is 3. The number of rotatable bonds is 7. The van der Waals surface area contributed by atoms with Crippen LogP contribution in [0.4, 0.5) is 0 Å². The van der Waals surface area contributed by atoms with Gasteiger partial charge >= 0.3 is 0 Å². The van der Waals surface area contributed by atoms with Gasteiger partial charge in [0.1, 0.15) is 12.1 Å². The van der Waals surface area contributed by atoms with Crippen LogP contribution < -0.4 is 20.1 Å². The molecule has 1 aromatic rings. The van der Waals surface area contributed by atoms with Gasteiger partial charge in [0.05, 0.1) is 14.2 Å². The van der Waals surface area contributed by atoms with Gasteiger partial charge in [-0.3, -0.25) is 14.4 Å². The molecule has 0 spiro atoms. The number of hydrogen-bond donors (Lipinski definition) is 2. The maximum Gasteiger partial charge on any atom is 0.243 e. The lowest BCUT2D eigenvalue weighted by atomic mass is 9.97. The molecule has 7 nitrogen and oxygen atoms in total. The molecule has 1 aliphatic heterocycles. The van der Waals surface area contributed by atoms with E-state index in [4.69, 9.17) is 9.47 Å². The molecule has 1 aromatic carbocycles. The Hall–Kier alpha value is -2.57. The number of hydrogen-bond acceptors (Lipinski definition) is 5. The van der Waals surface area contributed by atoms with Crippen molar-refractivity contribution < 1.29 is 23.9 Å². The zero-order valence-corrected chi connectivity index (χ0v) is 14.9. The SMILES string of the molecule is COc1ccc(C(=O)C[C@@H]2NC(=O)[C@H](CC(C)C)NC2=O)cc1OC. The number of methoxy groups -OCH3 is 2. The second-order valence-electron chi connectivity index (χ2n) is 6.45. The highest BCUT2D eigenvalue weighted by Gasteiger charge is 2.35. The molecule has 2 rings (SSSR count). The summed E-state index contributed by atoms with van der Waals surface area (Å²) in [4.78, 5) is 36.8. The van der Waals surface area contributed by atoms with Crippen LogP contribution in [0.15, 0.2) is 18.2 Å². The first-order valence-corrected chi connectivity index (χ1v) is 8.21. The summed E-state index contributed by atoms with van der Waals surface area (Å²) in [5, 5.41) is 5.34. The average Bonchev–Trinajstić information content (AvgIpc) is 2.58. The third kappa shape index (κ3) is 4.49. The van der Waals surface area contributed by atoms with Crippen molar-refractivity contribution in [2.24, 2.45) is 5.92 Å². The van der Waals surface area contributed by atoms with E-state index in [0.717, 1.165) is 0 Å². The number of nitrogens with one attached hydrogen (secondary N) is 2. The summed E-state index contributed by atoms with van der Waals surface area (Å²) in [6.07, 6.45) is 0.454. The normalized spacial score (nSPS) is 20.0. The Balaban J connectivity index is 2.06. The molecule has 2 amide bonds. The second kappa shape index (κ2) is 8.00. The van der Waals surface area contributed by atoms with E-state index in [9.17, 15) is 14.4 Å². The lowest BCUT2D eigenvalue weighted by Crippen LogP contribution is -2.62. The van der Waals surface area contributed by atoms with E-state index >= 15 is 0 Å². The van der Waals surface area contributed by atoms with E-state index in [0.29, 0.717) is 23.5 Å². The first kappa shape index (κ1) is 18.8. The number of Topliss-reactive ketones (excluding diaryl/α,β-unsaturated/α-hetero) is 1. The molecule has 0 aromatic heterocycles. The second-order valence-corrected chi connectivity index (χ2v) is 6.45. The Labute approximate surface area is 147 Å². The van der Waals surface area contributed by atoms with Gasteiger partial charge < -0.3 is 20.1 Å². The molecule has 136 valence electrons. The summed E-state index contributed by atoms with van der Waals surface area (Å²) in [6, 6.07) is 3.39. The van der Waals surface area contributed by atoms with Gasteiger partial charge in [0, 0.05) is 12.0 Å². The molecule has 1 saturated heterocycles. The highest BCUT2D eigenvalue weighted by atomic mass is 16.5. The van der Waals surface area contributed by atoms with E-state index < -0.39 is 12.1 Å². The van der Waals surface area contributed by atoms with E-state index in [1.165, 1.54) is 14.2 Å². The summed E-state index contributed by atoms with van der Waals surface area (Å²) in [5.41, 5.74) is 0.393. The van der Waals surface area contributed by atoms with Crippen molar-refractivity contribution in [2.75, 3.05) is 14.2 Å². The zero-order chi connectivity index (χ0) is 18.6. The topological polar surface area (TPSA) is 93.7 Å². The van der Waals surface area contributed by atoms with Crippen LogP contribution in [-0.4, -0.2) is 43.9 Å². The monoisotopic (exact) mass is 348 g/mol. The lowest BCUT2D eigenvalue weighted by molar-refractivity contribution is -0.137. The quantitative estimate of drug-likeness (QED) is 0.725. The van der Waals surface area contributed by atoms with Gasteiger partial charge in [-0.2, -0.15) is 0 Å². The molecule has 2 atom stereocenters. The molecule has 25 heavy (non-hydrogen) atoms. The van der Waals surface area contributed by atoms with Crippen molar-refractivity contribution in [1.82, 2.24) is 10.6 Å². The number of ether oxygens (including phenoxy) is 2. The summed E-state index contributed by atoms with van der Waals surface area (Å²) < 4.78 is 10.3. The molecule has 0 saturated carbocycles. The van der Waals surface area contributed by atoms with Crippen molar-refractivity contribution in [3.05, 3.63) is 23.8 Å². The van der Waals surface area contributed by atoms with Crippen molar-refractivity contribution in [3.63, 3.8) is 0 Å². The van der Waals surface area contributed by atoms with Crippen molar-refractivity contribution >= 4 is 17.6 Å². The van der Waals surface area contributed by atoms with Crippen LogP contribution in [-0.2, 0) is 9.59 Å². The van der Waals surface area contributed by atoms with Gasteiger partial charge in [-0.1, -0.05) is 13.8 Å². The van der Waals surface area contributed by atoms with Crippen LogP contribution in [0.3, 0.4) is 0 Å². The first-order chi connectivity index (χ1) is 11.8. The molecule has 1 fully saturated rings. The average molecular weight is 348 g/mol. The maximum absolute atomic E-state index is 12.5. The van der Waals surface area contributed by atoms with Crippen molar-refractivity contribution in [2.45, 2.75) is 38.8 Å². The van der Waals surface area contributed by atoms with Crippen LogP contribution in [0.2, 0.25) is 0 Å². The van der Waals surface area contributed by atoms with Gasteiger partial charge in [0.25, 0.3) is 0 Å². The van der Waals surface area contributed by atoms with Crippen LogP contribution in [0.25, 0.3) is 0 Å². The Morgan fingerprint density at radius 2 is 1.64 bits per heavy atom. The summed E-state index contributed by atoms with van der Waals surface area (Å²) >= 11 is 0. The predicted octanol–water partition coefficient (Wildman–Crippen LogP) is 1.31. The van der Waals surface area contributed by atoms with E-state index in [-0.39, 0.29) is 29.9 Å². The van der Waals surface area contributed by atoms with Crippen LogP contribution in [0, 0.1) is 5.92 Å². The van der Waals surface area contributed by atoms with Gasteiger partial charge in [-0.05, 0) is 30.5 Å². The first-order valence-electron chi connectivity index (χ1n) is 8.21. The fourth-order valence-corrected chi connectivity index (χ4v) is 2.77. The largest absolute Gasteiger partial charge is 0.493 e. The molecule has 7 heteroatoms. The van der Waals surface area contributed by atoms with Gasteiger partial charge in [0.2, 0.25) is 11.8 Å². The number of benzene rings is 1. The minimum Gasteiger partial charge on any atom is -0.493 e. The fraction of sp³-hybridized carbons (Fsp3) is 0.500. The van der Waals surface area contributed by atoms with Crippen LogP contribution >= 0.6 is 0 Å². The van der Waals surface area contributed by atoms with E-state index in [1.807, 2.05) is 13.8 Å². The molecule has 0 bridgehead atoms. The number of piperazine rings is 1. The number of amides is 2. The van der Waals surface area contributed by atoms with E-state index in [2.05, 4.69) is 10.6 Å². The Morgan fingerprint density at radius 3 is 2.24 bits per heavy atom. The molecule has 0 unspecified atom stereocenters. The molecule has 2 N–H and O–H groups in total. The summed E-state index contributed by atoms with van der Waals surface area (Å²) in [7, 11) is 2.99.